The summed E-state index contributed by atoms with van der Waals surface area (Å²) in [4.78, 5) is 13.9. The fourth-order valence-electron chi connectivity index (χ4n) is 17.8. The van der Waals surface area contributed by atoms with E-state index in [1.165, 1.54) is 127 Å². The van der Waals surface area contributed by atoms with Gasteiger partial charge in [-0.15, -0.1) is 0 Å². The number of ether oxygens (including phenoxy) is 1. The van der Waals surface area contributed by atoms with Crippen LogP contribution >= 0.6 is 0 Å². The molecule has 1 aliphatic rings. The molecule has 0 bridgehead atoms. The number of rotatable bonds is 3. The summed E-state index contributed by atoms with van der Waals surface area (Å²) in [5.74, 6) is 1.37. The summed E-state index contributed by atoms with van der Waals surface area (Å²) in [6.45, 7) is 79.4. The third kappa shape index (κ3) is 22.2. The second-order valence-electron chi connectivity index (χ2n) is 44.5. The fraction of sp³-hybridized carbons (Fsp3) is 0.496. The lowest BCUT2D eigenvalue weighted by molar-refractivity contribution is 0.225. The van der Waals surface area contributed by atoms with Crippen LogP contribution in [0.25, 0.3) is 64.9 Å². The molecule has 12 aromatic rings. The third-order valence-corrected chi connectivity index (χ3v) is 26.2. The van der Waals surface area contributed by atoms with E-state index in [0.717, 1.165) is 75.4 Å². The quantitative estimate of drug-likeness (QED) is 0.165. The Morgan fingerprint density at radius 1 is 0.356 bits per heavy atom. The Hall–Kier alpha value is -7.99. The number of fused-ring (bicyclic) bond motifs is 6. The van der Waals surface area contributed by atoms with Gasteiger partial charge in [0.2, 0.25) is 0 Å². The normalized spacial score (nSPS) is 15.4. The van der Waals surface area contributed by atoms with Crippen molar-refractivity contribution in [2.24, 2.45) is 5.41 Å². The monoisotopic (exact) mass is 1610 g/mol. The van der Waals surface area contributed by atoms with Gasteiger partial charge in [0, 0.05) is 37.6 Å². The van der Waals surface area contributed by atoms with Crippen LogP contribution in [0, 0.1) is 60.8 Å². The van der Waals surface area contributed by atoms with Crippen LogP contribution in [0.15, 0.2) is 152 Å². The summed E-state index contributed by atoms with van der Waals surface area (Å²) >= 11 is 0. The van der Waals surface area contributed by atoms with E-state index >= 15 is 0 Å². The first-order valence-corrected chi connectivity index (χ1v) is 46.6. The standard InChI is InChI=1S/C23H32.C19H27N.C19H26.C18H26N2.C18H26Si.C16H20O/c1-16-18-9-7-8-10-19(18)20(15-21(16)22(2,3)4)17-11-13-23(5,6)14-12-17;1-12-9-10-14-13(2)15(18(3,4)5)11-16(17(14)20-12)19(6,7)8;1-13-14-10-8-9-11-15(14)17(19(5,6)7)12-16(13)18(2,3)4;1-11-13-10-19-12(2)20-16(13)15(18(6,7)8)9-14(11)17(3,4)5;1-13-14-10-8-9-11-15(14)17(19(5,6)7)12-16(13)18(2,3)4;1-11-12-8-6-7-9-13(12)15(17-5)10-14(11)16(2,3)4/h7-10,15,17H,11-14H2,1-6H3;9-11H,1-8H3;8-12H,1-7H3;9-10H,1-8H3;8-12H,1-7H3;6-10H,1-5H3/i17D;;5D3;;5D3;. The van der Waals surface area contributed by atoms with Crippen molar-refractivity contribution in [1.29, 1.82) is 0 Å². The maximum atomic E-state index is 9.29. The van der Waals surface area contributed by atoms with E-state index < -0.39 is 32.7 Å². The molecule has 5 heteroatoms. The van der Waals surface area contributed by atoms with Gasteiger partial charge in [0.25, 0.3) is 0 Å². The zero-order valence-corrected chi connectivity index (χ0v) is 82.0. The lowest BCUT2D eigenvalue weighted by atomic mass is 9.69. The first-order valence-electron chi connectivity index (χ1n) is 47.1. The molecule has 0 N–H and O–H groups in total. The Labute approximate surface area is 729 Å². The Kier molecular flexibility index (Phi) is 25.4. The van der Waals surface area contributed by atoms with Gasteiger partial charge in [-0.25, -0.2) is 9.97 Å². The van der Waals surface area contributed by atoms with Gasteiger partial charge in [-0.1, -0.05) is 359 Å². The van der Waals surface area contributed by atoms with Crippen molar-refractivity contribution in [1.82, 2.24) is 15.0 Å². The number of pyridine rings is 1. The van der Waals surface area contributed by atoms with E-state index in [-0.39, 0.29) is 43.3 Å². The highest BCUT2D eigenvalue weighted by atomic mass is 28.3. The summed E-state index contributed by atoms with van der Waals surface area (Å²) in [6.07, 6.45) is 6.21. The minimum Gasteiger partial charge on any atom is -0.496 e. The first kappa shape index (κ1) is 85.0. The SMILES string of the molecule is COc1cc(C(C)(C)C)c(C)c2ccccc12.Cc1ccc2c(C)c(C(C)(C)C)cc(C(C)(C)C)c2n1.Cc1ncc2c(C)c(C(C)(C)C)cc(C(C)(C)C)c2n1.[2H]C([2H])([2H])C(C)(C)c1cc(C(C)(C)C)c(C)c2ccccc12.[2H]C([2H])([2H])[Si](C)(C)c1cc(C(C)(C)C)c(C)c2ccccc12.[2H]C1(c2cc(C(C)(C)C)c(C)c3ccccc23)CCC(C)(C)CC1. The van der Waals surface area contributed by atoms with Crippen LogP contribution in [0.3, 0.4) is 0 Å². The Balaban J connectivity index is 0.000000186. The number of hydrogen-bond acceptors (Lipinski definition) is 4. The van der Waals surface area contributed by atoms with E-state index in [0.29, 0.717) is 5.41 Å². The number of aryl methyl sites for hydroxylation is 8. The number of methoxy groups -OCH3 is 1. The molecule has 0 unspecified atom stereocenters. The molecule has 634 valence electrons. The molecule has 0 aliphatic heterocycles. The highest BCUT2D eigenvalue weighted by Gasteiger charge is 2.33. The molecule has 0 spiro atoms. The van der Waals surface area contributed by atoms with Crippen LogP contribution < -0.4 is 9.92 Å². The lowest BCUT2D eigenvalue weighted by Crippen LogP contribution is -2.39. The molecular formula is C113H157N3OSi. The van der Waals surface area contributed by atoms with Crippen LogP contribution in [0.4, 0.5) is 0 Å². The van der Waals surface area contributed by atoms with Crippen molar-refractivity contribution < 1.29 is 14.3 Å². The smallest absolute Gasteiger partial charge is 0.126 e. The molecule has 4 nitrogen and oxygen atoms in total. The van der Waals surface area contributed by atoms with Gasteiger partial charge >= 0.3 is 0 Å². The van der Waals surface area contributed by atoms with Crippen molar-refractivity contribution in [3.8, 4) is 5.75 Å². The van der Waals surface area contributed by atoms with Crippen LogP contribution in [-0.2, 0) is 48.7 Å². The Morgan fingerprint density at radius 2 is 0.686 bits per heavy atom. The summed E-state index contributed by atoms with van der Waals surface area (Å²) in [6, 6.07) is 51.4. The van der Waals surface area contributed by atoms with Crippen molar-refractivity contribution >= 4 is 78.2 Å². The van der Waals surface area contributed by atoms with Gasteiger partial charge in [0.1, 0.15) is 11.6 Å². The minimum atomic E-state index is -2.58. The van der Waals surface area contributed by atoms with E-state index in [4.69, 9.17) is 22.9 Å². The van der Waals surface area contributed by atoms with Crippen LogP contribution in [0.1, 0.15) is 342 Å². The van der Waals surface area contributed by atoms with Crippen molar-refractivity contribution in [2.75, 3.05) is 7.11 Å². The van der Waals surface area contributed by atoms with Gasteiger partial charge in [-0.05, 0) is 280 Å². The van der Waals surface area contributed by atoms with Gasteiger partial charge in [-0.2, -0.15) is 0 Å². The number of benzene rings is 10. The summed E-state index contributed by atoms with van der Waals surface area (Å²) in [5.41, 5.74) is 24.4. The Morgan fingerprint density at radius 3 is 1.10 bits per heavy atom. The topological polar surface area (TPSA) is 47.9 Å². The predicted molar refractivity (Wildman–Crippen MR) is 528 cm³/mol. The average Bonchev–Trinajstić information content (AvgIpc) is 0.748. The molecule has 0 atom stereocenters. The minimum absolute atomic E-state index is 0.00207. The number of hydrogen-bond donors (Lipinski definition) is 0. The molecule has 1 fully saturated rings. The van der Waals surface area contributed by atoms with Crippen LogP contribution in [-0.4, -0.2) is 30.1 Å². The van der Waals surface area contributed by atoms with E-state index in [1.807, 2.05) is 70.4 Å². The molecule has 2 aromatic heterocycles. The van der Waals surface area contributed by atoms with Crippen molar-refractivity contribution in [3.05, 3.63) is 252 Å². The maximum absolute atomic E-state index is 9.29. The van der Waals surface area contributed by atoms with Crippen LogP contribution in [0.5, 0.6) is 5.75 Å². The summed E-state index contributed by atoms with van der Waals surface area (Å²) in [5, 5.41) is 13.2. The van der Waals surface area contributed by atoms with Gasteiger partial charge in [0.15, 0.2) is 0 Å². The highest BCUT2D eigenvalue weighted by Crippen LogP contribution is 2.48. The fourth-order valence-corrected chi connectivity index (χ4v) is 19.2. The van der Waals surface area contributed by atoms with Gasteiger partial charge in [0.05, 0.1) is 26.2 Å². The molecule has 2 heterocycles. The van der Waals surface area contributed by atoms with Crippen molar-refractivity contribution in [2.45, 2.75) is 356 Å². The molecule has 0 radical (unpaired) electrons. The first-order chi connectivity index (χ1) is 56.8. The largest absolute Gasteiger partial charge is 0.496 e. The zero-order valence-electron chi connectivity index (χ0n) is 88.0. The van der Waals surface area contributed by atoms with Gasteiger partial charge in [-0.3, -0.25) is 4.98 Å². The second kappa shape index (κ2) is 35.2. The summed E-state index contributed by atoms with van der Waals surface area (Å²) in [7, 11) is -0.839. The second-order valence-corrected chi connectivity index (χ2v) is 48.3. The van der Waals surface area contributed by atoms with Gasteiger partial charge < -0.3 is 4.74 Å². The summed E-state index contributed by atoms with van der Waals surface area (Å²) < 4.78 is 62.8. The average molecular weight is 1610 g/mol. The zero-order chi connectivity index (χ0) is 94.8. The maximum Gasteiger partial charge on any atom is 0.126 e. The van der Waals surface area contributed by atoms with Crippen molar-refractivity contribution in [3.63, 3.8) is 0 Å². The molecular weight excluding hydrogens is 1440 g/mol. The van der Waals surface area contributed by atoms with E-state index in [1.54, 1.807) is 7.11 Å². The number of nitrogens with zero attached hydrogens (tertiary/aromatic N) is 3. The molecule has 13 rings (SSSR count). The van der Waals surface area contributed by atoms with Crippen LogP contribution in [0.2, 0.25) is 19.6 Å². The molecule has 1 aliphatic carbocycles. The van der Waals surface area contributed by atoms with E-state index in [9.17, 15) is 1.37 Å². The Bertz CT molecular complexity index is 5660. The lowest BCUT2D eigenvalue weighted by Gasteiger charge is -2.36. The molecule has 10 aromatic carbocycles. The predicted octanol–water partition coefficient (Wildman–Crippen LogP) is 32.6. The molecule has 0 amide bonds. The molecule has 0 saturated heterocycles. The number of aromatic nitrogens is 3. The highest BCUT2D eigenvalue weighted by molar-refractivity contribution is 6.90. The molecule has 1 saturated carbocycles. The van der Waals surface area contributed by atoms with E-state index in [2.05, 4.69) is 349 Å². The molecule has 118 heavy (non-hydrogen) atoms. The third-order valence-electron chi connectivity index (χ3n) is 24.5.